The Morgan fingerprint density at radius 3 is 2.51 bits per heavy atom. The van der Waals surface area contributed by atoms with Crippen molar-refractivity contribution >= 4 is 34.9 Å². The predicted molar refractivity (Wildman–Crippen MR) is 243 cm³/mol. The van der Waals surface area contributed by atoms with Crippen LogP contribution in [0.5, 0.6) is 0 Å². The van der Waals surface area contributed by atoms with Crippen LogP contribution >= 0.6 is 11.3 Å². The highest BCUT2D eigenvalue weighted by Crippen LogP contribution is 2.44. The van der Waals surface area contributed by atoms with Crippen LogP contribution in [0.4, 0.5) is 4.79 Å². The molecule has 13 atom stereocenters. The van der Waals surface area contributed by atoms with Crippen LogP contribution in [-0.2, 0) is 46.2 Å². The van der Waals surface area contributed by atoms with Crippen LogP contribution in [0, 0.1) is 35.5 Å². The monoisotopic (exact) mass is 890 g/mol. The topological polar surface area (TPSA) is 148 Å². The Balaban J connectivity index is 1.30. The van der Waals surface area contributed by atoms with Gasteiger partial charge in [-0.1, -0.05) is 69.9 Å². The first-order chi connectivity index (χ1) is 30.0. The number of rotatable bonds is 12. The molecule has 2 bridgehead atoms. The number of aliphatic hydroxyl groups is 1. The number of carbonyl (C=O) groups is 3. The summed E-state index contributed by atoms with van der Waals surface area (Å²) in [4.78, 5) is 53.1. The molecule has 0 radical (unpaired) electrons. The van der Waals surface area contributed by atoms with Gasteiger partial charge in [0.2, 0.25) is 0 Å². The molecule has 0 aliphatic carbocycles. The molecule has 2 N–H and O–H groups in total. The average molecular weight is 891 g/mol. The summed E-state index contributed by atoms with van der Waals surface area (Å²) < 4.78 is 32.4. The first-order valence-corrected chi connectivity index (χ1v) is 23.7. The van der Waals surface area contributed by atoms with Gasteiger partial charge in [-0.05, 0) is 104 Å². The Kier molecular flexibility index (Phi) is 16.3. The van der Waals surface area contributed by atoms with E-state index in [4.69, 9.17) is 28.7 Å². The highest BCUT2D eigenvalue weighted by molar-refractivity contribution is 7.12. The van der Waals surface area contributed by atoms with Gasteiger partial charge in [-0.15, -0.1) is 11.3 Å². The number of aryl methyl sites for hydroxylation is 1. The number of hydrogen-bond acceptors (Lipinski definition) is 13. The number of aliphatic imine (C=N–C) groups is 1. The number of Topliss-reactive ketones (excluding diaryl/α,β-unsaturated/α-hetero) is 1. The Morgan fingerprint density at radius 1 is 1.05 bits per heavy atom. The lowest BCUT2D eigenvalue weighted by atomic mass is 9.73. The fourth-order valence-corrected chi connectivity index (χ4v) is 11.2. The molecule has 13 nitrogen and oxygen atoms in total. The van der Waals surface area contributed by atoms with Gasteiger partial charge in [-0.3, -0.25) is 19.5 Å². The van der Waals surface area contributed by atoms with E-state index in [1.165, 1.54) is 10.4 Å². The minimum atomic E-state index is -1.23. The number of likely N-dealkylation sites (N-methyl/N-ethyl adjacent to an activating group) is 1. The van der Waals surface area contributed by atoms with Crippen molar-refractivity contribution in [1.29, 1.82) is 0 Å². The van der Waals surface area contributed by atoms with Crippen molar-refractivity contribution in [2.45, 2.75) is 148 Å². The van der Waals surface area contributed by atoms with E-state index in [0.717, 1.165) is 36.5 Å². The molecule has 0 unspecified atom stereocenters. The van der Waals surface area contributed by atoms with Crippen LogP contribution < -0.4 is 5.32 Å². The second kappa shape index (κ2) is 21.1. The molecule has 0 spiro atoms. The first-order valence-electron chi connectivity index (χ1n) is 22.9. The lowest BCUT2D eigenvalue weighted by Crippen LogP contribution is -2.60. The number of amides is 1. The molecule has 3 saturated heterocycles. The van der Waals surface area contributed by atoms with E-state index in [1.807, 2.05) is 58.8 Å². The molecule has 5 heterocycles. The Morgan fingerprint density at radius 2 is 1.79 bits per heavy atom. The summed E-state index contributed by atoms with van der Waals surface area (Å²) in [7, 11) is 3.82. The third-order valence-electron chi connectivity index (χ3n) is 13.7. The largest absolute Gasteiger partial charge is 0.458 e. The Hall–Kier alpha value is -3.68. The maximum Gasteiger partial charge on any atom is 0.410 e. The summed E-state index contributed by atoms with van der Waals surface area (Å²) in [5.74, 6) is 2.75. The van der Waals surface area contributed by atoms with Crippen molar-refractivity contribution < 1.29 is 43.2 Å². The van der Waals surface area contributed by atoms with Gasteiger partial charge in [0.1, 0.15) is 24.7 Å². The van der Waals surface area contributed by atoms with E-state index in [1.54, 1.807) is 30.1 Å². The maximum atomic E-state index is 14.7. The zero-order chi connectivity index (χ0) is 45.6. The van der Waals surface area contributed by atoms with Gasteiger partial charge in [0.05, 0.1) is 35.3 Å². The average Bonchev–Trinajstić information content (AvgIpc) is 3.75. The number of carbonyl (C=O) groups excluding carboxylic acids is 3. The van der Waals surface area contributed by atoms with E-state index in [2.05, 4.69) is 61.3 Å². The van der Waals surface area contributed by atoms with E-state index in [0.29, 0.717) is 32.4 Å². The molecule has 346 valence electrons. The summed E-state index contributed by atoms with van der Waals surface area (Å²) in [6, 6.07) is 13.9. The van der Waals surface area contributed by atoms with Crippen molar-refractivity contribution in [3.63, 3.8) is 0 Å². The number of nitrogens with one attached hydrogen (secondary N) is 1. The number of ketones is 1. The Bertz CT molecular complexity index is 1980. The second-order valence-corrected chi connectivity index (χ2v) is 19.9. The van der Waals surface area contributed by atoms with Gasteiger partial charge in [0.25, 0.3) is 0 Å². The Labute approximate surface area is 378 Å². The minimum Gasteiger partial charge on any atom is -0.458 e. The molecule has 63 heavy (non-hydrogen) atoms. The lowest BCUT2D eigenvalue weighted by molar-refractivity contribution is -0.296. The minimum absolute atomic E-state index is 0.00832. The van der Waals surface area contributed by atoms with Crippen molar-refractivity contribution in [2.24, 2.45) is 28.7 Å². The highest BCUT2D eigenvalue weighted by atomic mass is 32.1. The number of nitrogens with zero attached hydrogens (tertiary/aromatic N) is 3. The zero-order valence-electron chi connectivity index (χ0n) is 38.9. The summed E-state index contributed by atoms with van der Waals surface area (Å²) in [5, 5.41) is 15.3. The number of cyclic esters (lactones) is 1. The number of fused-ring (bicyclic) bond motifs is 1. The normalized spacial score (nSPS) is 35.2. The molecule has 2 aromatic rings. The van der Waals surface area contributed by atoms with Gasteiger partial charge in [-0.25, -0.2) is 4.79 Å². The molecule has 1 amide bonds. The number of aliphatic hydroxyl groups excluding tert-OH is 1. The van der Waals surface area contributed by atoms with E-state index >= 15 is 0 Å². The smallest absolute Gasteiger partial charge is 0.410 e. The molecule has 4 aliphatic rings. The molecule has 4 aliphatic heterocycles. The summed E-state index contributed by atoms with van der Waals surface area (Å²) in [5.41, 5.74) is -0.221. The highest BCUT2D eigenvalue weighted by Gasteiger charge is 2.60. The van der Waals surface area contributed by atoms with Crippen LogP contribution in [0.15, 0.2) is 47.5 Å². The van der Waals surface area contributed by atoms with Crippen LogP contribution in [-0.4, -0.2) is 133 Å². The first kappa shape index (κ1) is 48.8. The number of hydrogen-bond donors (Lipinski definition) is 2. The number of thiophene rings is 1. The van der Waals surface area contributed by atoms with E-state index in [9.17, 15) is 19.5 Å². The molecule has 1 aromatic carbocycles. The van der Waals surface area contributed by atoms with Gasteiger partial charge < -0.3 is 39.0 Å². The number of esters is 1. The zero-order valence-corrected chi connectivity index (χ0v) is 39.7. The second-order valence-electron chi connectivity index (χ2n) is 18.7. The molecule has 1 aromatic heterocycles. The van der Waals surface area contributed by atoms with Gasteiger partial charge in [-0.2, -0.15) is 0 Å². The fraction of sp³-hybridized carbons (Fsp3) is 0.673. The molecular weight excluding hydrogens is 821 g/mol. The molecule has 6 rings (SSSR count). The standard InChI is InChI=1S/C49H70N4O9S/c1-11-39-49(8)43-32(4)40(51-24-25-53(43)47(57)62-49)30(2)28-48(7,58-26-16-20-36-21-22-37(63-36)29-50-23-15-19-35-17-13-12-14-18-35)44(33(5)41(54)34(6)45(56)60-39)61-46-42(55)38(52(9)10)27-31(3)59-46/h12-14,17-18,21-22,30-34,38-39,42-44,46,50,55H,11,15,19,23-29H2,1-10H3/t30-,31-,32-,33+,34-,38+,39+,42-,43-,44-,46+,48+,49-/m1/s1. The van der Waals surface area contributed by atoms with Crippen LogP contribution in [0.2, 0.25) is 0 Å². The van der Waals surface area contributed by atoms with Gasteiger partial charge >= 0.3 is 12.1 Å². The summed E-state index contributed by atoms with van der Waals surface area (Å²) in [6.45, 7) is 17.4. The summed E-state index contributed by atoms with van der Waals surface area (Å²) >= 11 is 1.63. The van der Waals surface area contributed by atoms with Gasteiger partial charge in [0, 0.05) is 41.6 Å². The SMILES string of the molecule is CC[C@@H]1OC(=O)[C@H](C)C(=O)[C@H](C)[C@@H](O[C@@H]2O[C@H](C)C[C@H](N(C)C)[C@H]2O)[C@@](C)(OCC#Cc2ccc(CNCCCc3ccccc3)s2)C[C@@H](C)C2=NCCN3C(=O)O[C@@]1(C)[C@H]3[C@@H]2C. The quantitative estimate of drug-likeness (QED) is 0.107. The number of benzene rings is 1. The summed E-state index contributed by atoms with van der Waals surface area (Å²) in [6.07, 6.45) is -1.32. The maximum absolute atomic E-state index is 14.7. The third kappa shape index (κ3) is 11.1. The fourth-order valence-electron chi connectivity index (χ4n) is 10.4. The predicted octanol–water partition coefficient (Wildman–Crippen LogP) is 6.28. The third-order valence-corrected chi connectivity index (χ3v) is 14.7. The van der Waals surface area contributed by atoms with Crippen molar-refractivity contribution in [1.82, 2.24) is 15.1 Å². The number of ether oxygens (including phenoxy) is 5. The lowest BCUT2D eigenvalue weighted by Gasteiger charge is -2.47. The van der Waals surface area contributed by atoms with Crippen molar-refractivity contribution in [2.75, 3.05) is 40.3 Å². The van der Waals surface area contributed by atoms with Crippen LogP contribution in [0.3, 0.4) is 0 Å². The molecular formula is C49H70N4O9S. The van der Waals surface area contributed by atoms with Crippen molar-refractivity contribution in [3.05, 3.63) is 57.8 Å². The molecule has 3 fully saturated rings. The van der Waals surface area contributed by atoms with E-state index < -0.39 is 71.5 Å². The molecule has 14 heteroatoms. The van der Waals surface area contributed by atoms with E-state index in [-0.39, 0.29) is 30.6 Å². The molecule has 0 saturated carbocycles. The van der Waals surface area contributed by atoms with Crippen molar-refractivity contribution in [3.8, 4) is 11.8 Å². The van der Waals surface area contributed by atoms with Crippen LogP contribution in [0.25, 0.3) is 0 Å². The van der Waals surface area contributed by atoms with Gasteiger partial charge in [0.15, 0.2) is 17.7 Å². The van der Waals surface area contributed by atoms with Crippen LogP contribution in [0.1, 0.15) is 96.4 Å².